The molecule has 0 unspecified atom stereocenters. The molecule has 1 heterocycles. The number of ether oxygens (including phenoxy) is 2. The molecule has 0 spiro atoms. The molecular weight excluding hydrogens is 368 g/mol. The average Bonchev–Trinajstić information content (AvgIpc) is 2.67. The Kier molecular flexibility index (Phi) is 5.09. The Bertz CT molecular complexity index is 1090. The summed E-state index contributed by atoms with van der Waals surface area (Å²) in [5.41, 5.74) is 6.01. The Labute approximate surface area is 158 Å². The van der Waals surface area contributed by atoms with E-state index in [1.807, 2.05) is 0 Å². The van der Waals surface area contributed by atoms with Crippen LogP contribution in [0.15, 0.2) is 47.3 Å². The molecular formula is C19H16N2O5S. The SMILES string of the molecule is COc1ccc2cc(C(=O)Nc3ccc(C(N)=O)cc3)sc(=O)c2c1OC. The minimum atomic E-state index is -0.551. The van der Waals surface area contributed by atoms with E-state index < -0.39 is 11.8 Å². The Morgan fingerprint density at radius 3 is 2.33 bits per heavy atom. The van der Waals surface area contributed by atoms with Crippen molar-refractivity contribution in [2.45, 2.75) is 0 Å². The zero-order valence-corrected chi connectivity index (χ0v) is 15.4. The second-order valence-corrected chi connectivity index (χ2v) is 6.57. The highest BCUT2D eigenvalue weighted by atomic mass is 32.1. The molecule has 2 aromatic carbocycles. The lowest BCUT2D eigenvalue weighted by atomic mass is 10.1. The fraction of sp³-hybridized carbons (Fsp3) is 0.105. The fourth-order valence-electron chi connectivity index (χ4n) is 2.62. The summed E-state index contributed by atoms with van der Waals surface area (Å²) in [5, 5.41) is 3.63. The standard InChI is InChI=1S/C19H16N2O5S/c1-25-13-8-5-11-9-14(27-19(24)15(11)16(13)26-2)18(23)21-12-6-3-10(4-7-12)17(20)22/h3-9H,1-2H3,(H2,20,22)(H,21,23). The summed E-state index contributed by atoms with van der Waals surface area (Å²) >= 11 is 0.814. The van der Waals surface area contributed by atoms with E-state index in [2.05, 4.69) is 5.32 Å². The number of primary amides is 1. The number of nitrogens with one attached hydrogen (secondary N) is 1. The third-order valence-electron chi connectivity index (χ3n) is 3.92. The summed E-state index contributed by atoms with van der Waals surface area (Å²) in [6.07, 6.45) is 0. The van der Waals surface area contributed by atoms with Crippen LogP contribution in [0.2, 0.25) is 0 Å². The molecule has 1 aromatic heterocycles. The Morgan fingerprint density at radius 2 is 1.74 bits per heavy atom. The summed E-state index contributed by atoms with van der Waals surface area (Å²) in [7, 11) is 2.95. The van der Waals surface area contributed by atoms with Gasteiger partial charge in [0.05, 0.1) is 24.5 Å². The van der Waals surface area contributed by atoms with Gasteiger partial charge in [-0.25, -0.2) is 0 Å². The van der Waals surface area contributed by atoms with Gasteiger partial charge in [0.15, 0.2) is 11.5 Å². The number of methoxy groups -OCH3 is 2. The molecule has 2 amide bonds. The van der Waals surface area contributed by atoms with Crippen LogP contribution in [0.25, 0.3) is 10.8 Å². The molecule has 0 aliphatic rings. The van der Waals surface area contributed by atoms with Gasteiger partial charge in [-0.05, 0) is 41.8 Å². The van der Waals surface area contributed by atoms with Gasteiger partial charge in [0.1, 0.15) is 0 Å². The van der Waals surface area contributed by atoms with Crippen molar-refractivity contribution >= 4 is 39.6 Å². The first-order valence-corrected chi connectivity index (χ1v) is 8.66. The van der Waals surface area contributed by atoms with Crippen LogP contribution in [0.3, 0.4) is 0 Å². The van der Waals surface area contributed by atoms with Crippen LogP contribution in [0.4, 0.5) is 5.69 Å². The highest BCUT2D eigenvalue weighted by molar-refractivity contribution is 7.12. The molecule has 0 atom stereocenters. The highest BCUT2D eigenvalue weighted by Crippen LogP contribution is 2.34. The molecule has 8 heteroatoms. The molecule has 7 nitrogen and oxygen atoms in total. The van der Waals surface area contributed by atoms with Gasteiger partial charge in [-0.1, -0.05) is 17.4 Å². The van der Waals surface area contributed by atoms with E-state index in [4.69, 9.17) is 15.2 Å². The van der Waals surface area contributed by atoms with Gasteiger partial charge in [-0.2, -0.15) is 0 Å². The monoisotopic (exact) mass is 384 g/mol. The maximum absolute atomic E-state index is 12.6. The van der Waals surface area contributed by atoms with Crippen LogP contribution < -0.4 is 25.3 Å². The molecule has 0 aliphatic heterocycles. The Hall–Kier alpha value is -3.39. The van der Waals surface area contributed by atoms with Gasteiger partial charge in [0.25, 0.3) is 5.91 Å². The molecule has 138 valence electrons. The number of nitrogens with two attached hydrogens (primary N) is 1. The molecule has 0 fully saturated rings. The van der Waals surface area contributed by atoms with Gasteiger partial charge < -0.3 is 20.5 Å². The molecule has 3 N–H and O–H groups in total. The van der Waals surface area contributed by atoms with Crippen LogP contribution in [-0.4, -0.2) is 26.0 Å². The lowest BCUT2D eigenvalue weighted by Gasteiger charge is -2.11. The molecule has 0 radical (unpaired) electrons. The Morgan fingerprint density at radius 1 is 1.04 bits per heavy atom. The molecule has 0 saturated heterocycles. The van der Waals surface area contributed by atoms with E-state index in [9.17, 15) is 14.4 Å². The predicted molar refractivity (Wildman–Crippen MR) is 104 cm³/mol. The van der Waals surface area contributed by atoms with Crippen molar-refractivity contribution in [2.24, 2.45) is 5.73 Å². The lowest BCUT2D eigenvalue weighted by molar-refractivity contribution is 0.0998. The predicted octanol–water partition coefficient (Wildman–Crippen LogP) is 2.63. The van der Waals surface area contributed by atoms with Gasteiger partial charge >= 0.3 is 0 Å². The van der Waals surface area contributed by atoms with Gasteiger partial charge in [-0.3, -0.25) is 14.4 Å². The summed E-state index contributed by atoms with van der Waals surface area (Å²) in [5.74, 6) is -0.197. The zero-order chi connectivity index (χ0) is 19.6. The van der Waals surface area contributed by atoms with E-state index in [0.29, 0.717) is 33.5 Å². The van der Waals surface area contributed by atoms with E-state index in [0.717, 1.165) is 11.3 Å². The zero-order valence-electron chi connectivity index (χ0n) is 14.6. The number of benzene rings is 2. The highest BCUT2D eigenvalue weighted by Gasteiger charge is 2.16. The van der Waals surface area contributed by atoms with Crippen molar-refractivity contribution in [2.75, 3.05) is 19.5 Å². The number of amides is 2. The molecule has 3 aromatic rings. The minimum Gasteiger partial charge on any atom is -0.493 e. The summed E-state index contributed by atoms with van der Waals surface area (Å²) in [6.45, 7) is 0. The van der Waals surface area contributed by atoms with Crippen molar-refractivity contribution in [1.29, 1.82) is 0 Å². The van der Waals surface area contributed by atoms with E-state index in [-0.39, 0.29) is 9.62 Å². The van der Waals surface area contributed by atoms with Crippen LogP contribution >= 0.6 is 11.3 Å². The first-order chi connectivity index (χ1) is 12.9. The molecule has 27 heavy (non-hydrogen) atoms. The minimum absolute atomic E-state index is 0.249. The van der Waals surface area contributed by atoms with Gasteiger partial charge in [0, 0.05) is 11.3 Å². The van der Waals surface area contributed by atoms with Crippen molar-refractivity contribution in [1.82, 2.24) is 0 Å². The second-order valence-electron chi connectivity index (χ2n) is 5.56. The third-order valence-corrected chi connectivity index (χ3v) is 4.83. The number of hydrogen-bond donors (Lipinski definition) is 2. The normalized spacial score (nSPS) is 10.4. The van der Waals surface area contributed by atoms with Crippen molar-refractivity contribution in [3.8, 4) is 11.5 Å². The smallest absolute Gasteiger partial charge is 0.265 e. The van der Waals surface area contributed by atoms with Crippen LogP contribution in [0, 0.1) is 0 Å². The number of carbonyl (C=O) groups excluding carboxylic acids is 2. The molecule has 0 aliphatic carbocycles. The first kappa shape index (κ1) is 18.4. The van der Waals surface area contributed by atoms with Crippen molar-refractivity contribution in [3.05, 3.63) is 62.4 Å². The number of rotatable bonds is 5. The van der Waals surface area contributed by atoms with E-state index >= 15 is 0 Å². The van der Waals surface area contributed by atoms with E-state index in [1.54, 1.807) is 30.3 Å². The van der Waals surface area contributed by atoms with Crippen molar-refractivity contribution in [3.63, 3.8) is 0 Å². The number of carbonyl (C=O) groups is 2. The number of fused-ring (bicyclic) bond motifs is 1. The van der Waals surface area contributed by atoms with E-state index in [1.165, 1.54) is 26.4 Å². The topological polar surface area (TPSA) is 108 Å². The number of hydrogen-bond acceptors (Lipinski definition) is 6. The third kappa shape index (κ3) is 3.61. The average molecular weight is 384 g/mol. The largest absolute Gasteiger partial charge is 0.493 e. The lowest BCUT2D eigenvalue weighted by Crippen LogP contribution is -2.14. The Balaban J connectivity index is 1.96. The van der Waals surface area contributed by atoms with Gasteiger partial charge in [-0.15, -0.1) is 0 Å². The maximum Gasteiger partial charge on any atom is 0.265 e. The number of anilines is 1. The van der Waals surface area contributed by atoms with Gasteiger partial charge in [0.2, 0.25) is 10.6 Å². The summed E-state index contributed by atoms with van der Waals surface area (Å²) < 4.78 is 10.2. The quantitative estimate of drug-likeness (QED) is 0.703. The molecule has 0 bridgehead atoms. The van der Waals surface area contributed by atoms with Crippen LogP contribution in [0.1, 0.15) is 20.0 Å². The van der Waals surface area contributed by atoms with Crippen molar-refractivity contribution < 1.29 is 19.1 Å². The summed E-state index contributed by atoms with van der Waals surface area (Å²) in [4.78, 5) is 36.4. The fourth-order valence-corrected chi connectivity index (χ4v) is 3.46. The van der Waals surface area contributed by atoms with Crippen LogP contribution in [0.5, 0.6) is 11.5 Å². The summed E-state index contributed by atoms with van der Waals surface area (Å²) in [6, 6.07) is 11.1. The second kappa shape index (κ2) is 7.46. The molecule has 0 saturated carbocycles. The van der Waals surface area contributed by atoms with Crippen LogP contribution in [-0.2, 0) is 0 Å². The maximum atomic E-state index is 12.6. The molecule has 3 rings (SSSR count). The first-order valence-electron chi connectivity index (χ1n) is 7.84.